The third-order valence-corrected chi connectivity index (χ3v) is 3.43. The first-order valence-electron chi connectivity index (χ1n) is 5.94. The van der Waals surface area contributed by atoms with Crippen LogP contribution in [0.1, 0.15) is 23.2 Å². The predicted molar refractivity (Wildman–Crippen MR) is 81.0 cm³/mol. The highest BCUT2D eigenvalue weighted by Gasteiger charge is 2.13. The van der Waals surface area contributed by atoms with E-state index in [2.05, 4.69) is 36.5 Å². The van der Waals surface area contributed by atoms with Crippen molar-refractivity contribution in [2.45, 2.75) is 26.3 Å². The van der Waals surface area contributed by atoms with Crippen LogP contribution < -0.4 is 5.32 Å². The lowest BCUT2D eigenvalue weighted by atomic mass is 10.0. The number of pyridine rings is 1. The molecule has 0 spiro atoms. The molecule has 0 amide bonds. The largest absolute Gasteiger partial charge is 0.313 e. The van der Waals surface area contributed by atoms with Crippen molar-refractivity contribution in [3.8, 4) is 0 Å². The Morgan fingerprint density at radius 1 is 1.17 bits per heavy atom. The molecule has 1 N–H and O–H groups in total. The van der Waals surface area contributed by atoms with E-state index in [1.54, 1.807) is 0 Å². The van der Waals surface area contributed by atoms with E-state index in [9.17, 15) is 0 Å². The summed E-state index contributed by atoms with van der Waals surface area (Å²) in [4.78, 5) is 4.80. The van der Waals surface area contributed by atoms with Gasteiger partial charge in [-0.05, 0) is 43.5 Å². The fraction of sp³-hybridized carbons (Fsp3) is 0.357. The Balaban J connectivity index is 0.000000810. The highest BCUT2D eigenvalue weighted by Crippen LogP contribution is 2.24. The van der Waals surface area contributed by atoms with Gasteiger partial charge in [-0.25, -0.2) is 0 Å². The van der Waals surface area contributed by atoms with E-state index in [0.717, 1.165) is 25.0 Å². The lowest BCUT2D eigenvalue weighted by molar-refractivity contribution is 0.679. The van der Waals surface area contributed by atoms with E-state index in [1.807, 2.05) is 0 Å². The summed E-state index contributed by atoms with van der Waals surface area (Å²) in [5, 5.41) is 4.77. The summed E-state index contributed by atoms with van der Waals surface area (Å²) in [5.41, 5.74) is 5.24. The van der Waals surface area contributed by atoms with Gasteiger partial charge < -0.3 is 5.32 Å². The second kappa shape index (κ2) is 6.37. The molecular weight excluding hydrogens is 267 g/mol. The second-order valence-corrected chi connectivity index (χ2v) is 4.46. The van der Waals surface area contributed by atoms with Crippen molar-refractivity contribution in [1.29, 1.82) is 0 Å². The highest BCUT2D eigenvalue weighted by atomic mass is 35.5. The molecule has 2 nitrogen and oxygen atoms in total. The summed E-state index contributed by atoms with van der Waals surface area (Å²) in [5.74, 6) is 0. The molecule has 4 heteroatoms. The Kier molecular flexibility index (Phi) is 5.39. The van der Waals surface area contributed by atoms with Crippen LogP contribution in [0.15, 0.2) is 24.3 Å². The number of nitrogens with zero attached hydrogens (tertiary/aromatic N) is 1. The first-order valence-corrected chi connectivity index (χ1v) is 5.94. The van der Waals surface area contributed by atoms with E-state index in [1.165, 1.54) is 28.6 Å². The quantitative estimate of drug-likeness (QED) is 0.802. The number of benzene rings is 1. The zero-order valence-corrected chi connectivity index (χ0v) is 12.0. The van der Waals surface area contributed by atoms with Crippen LogP contribution in [0.3, 0.4) is 0 Å². The number of para-hydroxylation sites is 1. The Morgan fingerprint density at radius 2 is 1.94 bits per heavy atom. The number of hydrogen-bond donors (Lipinski definition) is 1. The van der Waals surface area contributed by atoms with Crippen LogP contribution in [-0.2, 0) is 13.0 Å². The lowest BCUT2D eigenvalue weighted by Gasteiger charge is -2.11. The normalized spacial score (nSPS) is 14.1. The zero-order valence-electron chi connectivity index (χ0n) is 10.4. The molecule has 1 aromatic heterocycles. The fourth-order valence-corrected chi connectivity index (χ4v) is 2.52. The van der Waals surface area contributed by atoms with Gasteiger partial charge in [0.1, 0.15) is 0 Å². The maximum Gasteiger partial charge on any atom is 0.0708 e. The molecule has 0 radical (unpaired) electrons. The Hall–Kier alpha value is -0.830. The number of hydrogen-bond acceptors (Lipinski definition) is 2. The number of aryl methyl sites for hydroxylation is 2. The SMILES string of the molecule is Cc1c2c(nc3ccccc13)CCCNC2.Cl.Cl. The van der Waals surface area contributed by atoms with Crippen LogP contribution >= 0.6 is 24.8 Å². The minimum atomic E-state index is 0. The minimum Gasteiger partial charge on any atom is -0.313 e. The van der Waals surface area contributed by atoms with Crippen molar-refractivity contribution < 1.29 is 0 Å². The Bertz CT molecular complexity index is 541. The number of halogens is 2. The summed E-state index contributed by atoms with van der Waals surface area (Å²) < 4.78 is 0. The predicted octanol–water partition coefficient (Wildman–Crippen LogP) is 3.42. The summed E-state index contributed by atoms with van der Waals surface area (Å²) >= 11 is 0. The molecule has 0 saturated heterocycles. The molecule has 0 bridgehead atoms. The molecule has 2 aromatic rings. The first kappa shape index (κ1) is 15.2. The van der Waals surface area contributed by atoms with Crippen molar-refractivity contribution in [2.75, 3.05) is 6.54 Å². The number of nitrogens with one attached hydrogen (secondary N) is 1. The third kappa shape index (κ3) is 2.61. The van der Waals surface area contributed by atoms with Gasteiger partial charge >= 0.3 is 0 Å². The summed E-state index contributed by atoms with van der Waals surface area (Å²) in [6, 6.07) is 8.44. The topological polar surface area (TPSA) is 24.9 Å². The maximum atomic E-state index is 4.80. The monoisotopic (exact) mass is 284 g/mol. The van der Waals surface area contributed by atoms with Crippen LogP contribution in [0.2, 0.25) is 0 Å². The average molecular weight is 285 g/mol. The zero-order chi connectivity index (χ0) is 11.0. The van der Waals surface area contributed by atoms with Gasteiger partial charge in [0.15, 0.2) is 0 Å². The molecule has 1 aliphatic heterocycles. The van der Waals surface area contributed by atoms with Gasteiger partial charge in [0.05, 0.1) is 5.52 Å². The van der Waals surface area contributed by atoms with Crippen molar-refractivity contribution in [1.82, 2.24) is 10.3 Å². The first-order chi connectivity index (χ1) is 7.86. The summed E-state index contributed by atoms with van der Waals surface area (Å²) in [7, 11) is 0. The van der Waals surface area contributed by atoms with E-state index in [0.29, 0.717) is 0 Å². The van der Waals surface area contributed by atoms with Crippen molar-refractivity contribution in [3.05, 3.63) is 41.1 Å². The number of rotatable bonds is 0. The minimum absolute atomic E-state index is 0. The molecule has 3 rings (SSSR count). The van der Waals surface area contributed by atoms with Gasteiger partial charge in [0.2, 0.25) is 0 Å². The molecule has 0 unspecified atom stereocenters. The van der Waals surface area contributed by atoms with Crippen LogP contribution in [0.5, 0.6) is 0 Å². The fourth-order valence-electron chi connectivity index (χ4n) is 2.52. The van der Waals surface area contributed by atoms with Gasteiger partial charge in [-0.1, -0.05) is 18.2 Å². The van der Waals surface area contributed by atoms with Crippen molar-refractivity contribution in [3.63, 3.8) is 0 Å². The van der Waals surface area contributed by atoms with Crippen LogP contribution in [0.4, 0.5) is 0 Å². The van der Waals surface area contributed by atoms with Gasteiger partial charge in [0, 0.05) is 17.6 Å². The molecule has 0 fully saturated rings. The van der Waals surface area contributed by atoms with Crippen molar-refractivity contribution >= 4 is 35.7 Å². The molecule has 98 valence electrons. The van der Waals surface area contributed by atoms with Crippen LogP contribution in [-0.4, -0.2) is 11.5 Å². The molecule has 0 saturated carbocycles. The molecule has 0 atom stereocenters. The van der Waals surface area contributed by atoms with Gasteiger partial charge in [-0.3, -0.25) is 4.98 Å². The van der Waals surface area contributed by atoms with E-state index >= 15 is 0 Å². The maximum absolute atomic E-state index is 4.80. The summed E-state index contributed by atoms with van der Waals surface area (Å²) in [6.07, 6.45) is 2.30. The third-order valence-electron chi connectivity index (χ3n) is 3.43. The van der Waals surface area contributed by atoms with E-state index in [4.69, 9.17) is 4.98 Å². The molecule has 0 aliphatic carbocycles. The molecule has 1 aromatic carbocycles. The van der Waals surface area contributed by atoms with Gasteiger partial charge in [-0.2, -0.15) is 0 Å². The van der Waals surface area contributed by atoms with E-state index in [-0.39, 0.29) is 24.8 Å². The summed E-state index contributed by atoms with van der Waals surface area (Å²) in [6.45, 7) is 4.29. The van der Waals surface area contributed by atoms with Crippen LogP contribution in [0.25, 0.3) is 10.9 Å². The molecule has 18 heavy (non-hydrogen) atoms. The van der Waals surface area contributed by atoms with Crippen molar-refractivity contribution in [2.24, 2.45) is 0 Å². The second-order valence-electron chi connectivity index (χ2n) is 4.46. The molecule has 2 heterocycles. The number of aromatic nitrogens is 1. The highest BCUT2D eigenvalue weighted by molar-refractivity contribution is 5.85. The molecular formula is C14H18Cl2N2. The van der Waals surface area contributed by atoms with Gasteiger partial charge in [0.25, 0.3) is 0 Å². The average Bonchev–Trinajstić information content (AvgIpc) is 2.55. The van der Waals surface area contributed by atoms with Gasteiger partial charge in [-0.15, -0.1) is 24.8 Å². The Morgan fingerprint density at radius 3 is 2.78 bits per heavy atom. The lowest BCUT2D eigenvalue weighted by Crippen LogP contribution is -2.13. The smallest absolute Gasteiger partial charge is 0.0708 e. The number of fused-ring (bicyclic) bond motifs is 2. The van der Waals surface area contributed by atoms with E-state index < -0.39 is 0 Å². The Labute approximate surface area is 120 Å². The molecule has 1 aliphatic rings. The standard InChI is InChI=1S/C14H16N2.2ClH/c1-10-11-5-2-3-6-13(11)16-14-7-4-8-15-9-12(10)14;;/h2-3,5-6,15H,4,7-9H2,1H3;2*1H. The van der Waals surface area contributed by atoms with Crippen LogP contribution in [0, 0.1) is 6.92 Å².